The number of carbonyl (C=O) groups is 1. The van der Waals surface area contributed by atoms with Gasteiger partial charge in [-0.15, -0.1) is 0 Å². The molecule has 8 heteroatoms. The summed E-state index contributed by atoms with van der Waals surface area (Å²) in [5, 5.41) is 5.24. The molecule has 8 nitrogen and oxygen atoms in total. The second-order valence-corrected chi connectivity index (χ2v) is 7.82. The van der Waals surface area contributed by atoms with Gasteiger partial charge in [-0.1, -0.05) is 12.8 Å². The van der Waals surface area contributed by atoms with Crippen LogP contribution in [0.2, 0.25) is 0 Å². The van der Waals surface area contributed by atoms with Gasteiger partial charge in [-0.25, -0.2) is 9.97 Å². The topological polar surface area (TPSA) is 93.2 Å². The fourth-order valence-electron chi connectivity index (χ4n) is 4.32. The molecule has 0 radical (unpaired) electrons. The number of carbonyl (C=O) groups excluding carboxylic acids is 1. The Balaban J connectivity index is 1.46. The van der Waals surface area contributed by atoms with Crippen LogP contribution in [-0.2, 0) is 11.8 Å². The van der Waals surface area contributed by atoms with Gasteiger partial charge in [0.1, 0.15) is 12.1 Å². The van der Waals surface area contributed by atoms with E-state index < -0.39 is 0 Å². The molecule has 1 aliphatic heterocycles. The zero-order chi connectivity index (χ0) is 18.3. The predicted octanol–water partition coefficient (Wildman–Crippen LogP) is 0.920. The smallest absolute Gasteiger partial charge is 0.227 e. The number of piperazine rings is 1. The molecule has 1 saturated heterocycles. The van der Waals surface area contributed by atoms with Gasteiger partial charge in [0.2, 0.25) is 5.91 Å². The standard InChI is InChI=1S/C18H27N7O/c1-18(19)6-4-3-5-14(18)17(26)25-9-7-24(8-10-25)16-13-11-22-23(2)15(13)20-12-21-16/h11-12,14H,3-10,19H2,1-2H3. The first-order valence-electron chi connectivity index (χ1n) is 9.43. The lowest BCUT2D eigenvalue weighted by molar-refractivity contribution is -0.139. The van der Waals surface area contributed by atoms with Crippen molar-refractivity contribution < 1.29 is 4.79 Å². The quantitative estimate of drug-likeness (QED) is 0.859. The maximum absolute atomic E-state index is 13.0. The van der Waals surface area contributed by atoms with Gasteiger partial charge in [0.25, 0.3) is 0 Å². The lowest BCUT2D eigenvalue weighted by atomic mass is 9.74. The molecule has 2 aromatic rings. The van der Waals surface area contributed by atoms with Crippen molar-refractivity contribution in [3.05, 3.63) is 12.5 Å². The third kappa shape index (κ3) is 2.92. The number of anilines is 1. The lowest BCUT2D eigenvalue weighted by Crippen LogP contribution is -2.57. The lowest BCUT2D eigenvalue weighted by Gasteiger charge is -2.42. The van der Waals surface area contributed by atoms with Crippen LogP contribution in [0, 0.1) is 5.92 Å². The van der Waals surface area contributed by atoms with Gasteiger partial charge in [0, 0.05) is 38.8 Å². The van der Waals surface area contributed by atoms with Crippen molar-refractivity contribution in [2.75, 3.05) is 31.1 Å². The van der Waals surface area contributed by atoms with Crippen LogP contribution in [-0.4, -0.2) is 62.3 Å². The second kappa shape index (κ2) is 6.50. The number of aryl methyl sites for hydroxylation is 1. The van der Waals surface area contributed by atoms with E-state index in [0.29, 0.717) is 13.1 Å². The van der Waals surface area contributed by atoms with Crippen molar-refractivity contribution in [3.63, 3.8) is 0 Å². The highest BCUT2D eigenvalue weighted by molar-refractivity contribution is 5.87. The van der Waals surface area contributed by atoms with E-state index in [0.717, 1.165) is 55.6 Å². The summed E-state index contributed by atoms with van der Waals surface area (Å²) < 4.78 is 1.76. The minimum Gasteiger partial charge on any atom is -0.352 e. The Kier molecular flexibility index (Phi) is 4.30. The van der Waals surface area contributed by atoms with E-state index in [-0.39, 0.29) is 17.4 Å². The molecule has 2 unspecified atom stereocenters. The highest BCUT2D eigenvalue weighted by atomic mass is 16.2. The van der Waals surface area contributed by atoms with Crippen LogP contribution in [0.5, 0.6) is 0 Å². The van der Waals surface area contributed by atoms with Crippen molar-refractivity contribution in [3.8, 4) is 0 Å². The monoisotopic (exact) mass is 357 g/mol. The van der Waals surface area contributed by atoms with Crippen LogP contribution in [0.25, 0.3) is 11.0 Å². The van der Waals surface area contributed by atoms with Crippen molar-refractivity contribution >= 4 is 22.8 Å². The van der Waals surface area contributed by atoms with E-state index in [1.807, 2.05) is 25.1 Å². The van der Waals surface area contributed by atoms with Gasteiger partial charge in [-0.3, -0.25) is 9.48 Å². The SMILES string of the molecule is Cn1ncc2c(N3CCN(C(=O)C4CCCCC4(C)N)CC3)ncnc21. The predicted molar refractivity (Wildman–Crippen MR) is 99.6 cm³/mol. The highest BCUT2D eigenvalue weighted by Crippen LogP contribution is 2.33. The van der Waals surface area contributed by atoms with E-state index in [1.165, 1.54) is 0 Å². The van der Waals surface area contributed by atoms with Crippen molar-refractivity contribution in [2.24, 2.45) is 18.7 Å². The molecule has 26 heavy (non-hydrogen) atoms. The Morgan fingerprint density at radius 3 is 2.73 bits per heavy atom. The molecule has 3 heterocycles. The summed E-state index contributed by atoms with van der Waals surface area (Å²) in [6.07, 6.45) is 7.46. The zero-order valence-corrected chi connectivity index (χ0v) is 15.6. The average molecular weight is 357 g/mol. The Morgan fingerprint density at radius 1 is 1.23 bits per heavy atom. The summed E-state index contributed by atoms with van der Waals surface area (Å²) in [6.45, 7) is 4.97. The van der Waals surface area contributed by atoms with E-state index in [1.54, 1.807) is 11.0 Å². The molecular weight excluding hydrogens is 330 g/mol. The van der Waals surface area contributed by atoms with Gasteiger partial charge < -0.3 is 15.5 Å². The molecule has 1 amide bonds. The first-order valence-corrected chi connectivity index (χ1v) is 9.43. The number of nitrogens with zero attached hydrogens (tertiary/aromatic N) is 6. The normalized spacial score (nSPS) is 27.1. The Labute approximate surface area is 153 Å². The molecule has 0 bridgehead atoms. The number of aromatic nitrogens is 4. The summed E-state index contributed by atoms with van der Waals surface area (Å²) in [5.74, 6) is 1.08. The van der Waals surface area contributed by atoms with E-state index in [2.05, 4.69) is 20.0 Å². The average Bonchev–Trinajstić information content (AvgIpc) is 3.02. The van der Waals surface area contributed by atoms with Crippen molar-refractivity contribution in [2.45, 2.75) is 38.1 Å². The fourth-order valence-corrected chi connectivity index (χ4v) is 4.32. The molecule has 1 aliphatic carbocycles. The Bertz CT molecular complexity index is 807. The summed E-state index contributed by atoms with van der Waals surface area (Å²) >= 11 is 0. The summed E-state index contributed by atoms with van der Waals surface area (Å²) in [5.41, 5.74) is 6.88. The first kappa shape index (κ1) is 17.2. The molecule has 0 spiro atoms. The zero-order valence-electron chi connectivity index (χ0n) is 15.6. The highest BCUT2D eigenvalue weighted by Gasteiger charge is 2.40. The van der Waals surface area contributed by atoms with Crippen LogP contribution < -0.4 is 10.6 Å². The molecule has 1 saturated carbocycles. The van der Waals surface area contributed by atoms with Crippen molar-refractivity contribution in [1.29, 1.82) is 0 Å². The van der Waals surface area contributed by atoms with Crippen LogP contribution >= 0.6 is 0 Å². The minimum absolute atomic E-state index is 0.0492. The maximum atomic E-state index is 13.0. The van der Waals surface area contributed by atoms with Crippen LogP contribution in [0.15, 0.2) is 12.5 Å². The van der Waals surface area contributed by atoms with E-state index in [9.17, 15) is 4.79 Å². The number of nitrogens with two attached hydrogens (primary N) is 1. The molecule has 2 N–H and O–H groups in total. The van der Waals surface area contributed by atoms with Gasteiger partial charge in [0.05, 0.1) is 17.5 Å². The van der Waals surface area contributed by atoms with Gasteiger partial charge >= 0.3 is 0 Å². The molecule has 2 atom stereocenters. The van der Waals surface area contributed by atoms with Crippen LogP contribution in [0.1, 0.15) is 32.6 Å². The number of hydrogen-bond donors (Lipinski definition) is 1. The Hall–Kier alpha value is -2.22. The number of hydrogen-bond acceptors (Lipinski definition) is 6. The second-order valence-electron chi connectivity index (χ2n) is 7.82. The summed E-state index contributed by atoms with van der Waals surface area (Å²) in [7, 11) is 1.88. The molecule has 2 aliphatic rings. The summed E-state index contributed by atoms with van der Waals surface area (Å²) in [6, 6.07) is 0. The van der Waals surface area contributed by atoms with Crippen LogP contribution in [0.3, 0.4) is 0 Å². The molecule has 140 valence electrons. The third-order valence-corrected chi connectivity index (χ3v) is 5.95. The molecular formula is C18H27N7O. The first-order chi connectivity index (χ1) is 12.5. The third-order valence-electron chi connectivity index (χ3n) is 5.95. The molecule has 0 aromatic carbocycles. The molecule has 4 rings (SSSR count). The van der Waals surface area contributed by atoms with Crippen LogP contribution in [0.4, 0.5) is 5.82 Å². The maximum Gasteiger partial charge on any atom is 0.227 e. The Morgan fingerprint density at radius 2 is 2.00 bits per heavy atom. The largest absolute Gasteiger partial charge is 0.352 e. The van der Waals surface area contributed by atoms with E-state index in [4.69, 9.17) is 5.73 Å². The van der Waals surface area contributed by atoms with Crippen molar-refractivity contribution in [1.82, 2.24) is 24.6 Å². The fraction of sp³-hybridized carbons (Fsp3) is 0.667. The minimum atomic E-state index is -0.374. The van der Waals surface area contributed by atoms with Gasteiger partial charge in [-0.05, 0) is 19.8 Å². The summed E-state index contributed by atoms with van der Waals surface area (Å²) in [4.78, 5) is 26.0. The number of fused-ring (bicyclic) bond motifs is 1. The molecule has 2 aromatic heterocycles. The van der Waals surface area contributed by atoms with E-state index >= 15 is 0 Å². The number of amides is 1. The number of rotatable bonds is 2. The van der Waals surface area contributed by atoms with Gasteiger partial charge in [0.15, 0.2) is 5.65 Å². The molecule has 2 fully saturated rings. The van der Waals surface area contributed by atoms with Gasteiger partial charge in [-0.2, -0.15) is 5.10 Å².